The van der Waals surface area contributed by atoms with Crippen LogP contribution in [-0.4, -0.2) is 57.0 Å². The van der Waals surface area contributed by atoms with Crippen molar-refractivity contribution < 1.29 is 19.4 Å². The first-order valence-corrected chi connectivity index (χ1v) is 8.48. The number of aromatic nitrogens is 3. The van der Waals surface area contributed by atoms with E-state index in [-0.39, 0.29) is 0 Å². The van der Waals surface area contributed by atoms with E-state index in [4.69, 9.17) is 9.47 Å². The number of urea groups is 1. The lowest BCUT2D eigenvalue weighted by Crippen LogP contribution is -2.59. The van der Waals surface area contributed by atoms with E-state index in [0.29, 0.717) is 12.3 Å². The number of carbonyl (C=O) groups excluding carboxylic acids is 1. The van der Waals surface area contributed by atoms with Gasteiger partial charge in [0, 0.05) is 11.9 Å². The minimum absolute atomic E-state index is 0.301. The zero-order valence-corrected chi connectivity index (χ0v) is 14.5. The van der Waals surface area contributed by atoms with Gasteiger partial charge in [-0.25, -0.2) is 4.79 Å². The zero-order chi connectivity index (χ0) is 18.3. The molecule has 0 aliphatic carbocycles. The van der Waals surface area contributed by atoms with Gasteiger partial charge in [-0.3, -0.25) is 9.67 Å². The van der Waals surface area contributed by atoms with Crippen molar-refractivity contribution in [2.45, 2.75) is 44.4 Å². The SMILES string of the molecule is Cc1cc(C)n([C@H]2[C@@H]3OC[C@@H](O3)[C@@H](NC(=O)Nc3cccnc3)[C@@H]2O)n1. The Balaban J connectivity index is 1.52. The van der Waals surface area contributed by atoms with E-state index < -0.39 is 36.6 Å². The number of hydrogen-bond donors (Lipinski definition) is 3. The van der Waals surface area contributed by atoms with Crippen LogP contribution in [0.2, 0.25) is 0 Å². The highest BCUT2D eigenvalue weighted by Gasteiger charge is 2.52. The lowest BCUT2D eigenvalue weighted by Gasteiger charge is -2.38. The number of carbonyl (C=O) groups is 1. The number of amides is 2. The molecule has 2 fully saturated rings. The molecule has 4 rings (SSSR count). The Bertz CT molecular complexity index is 796. The van der Waals surface area contributed by atoms with Gasteiger partial charge < -0.3 is 25.2 Å². The third-order valence-corrected chi connectivity index (χ3v) is 4.68. The number of aliphatic hydroxyl groups is 1. The van der Waals surface area contributed by atoms with Crippen molar-refractivity contribution in [2.75, 3.05) is 11.9 Å². The fourth-order valence-electron chi connectivity index (χ4n) is 3.54. The van der Waals surface area contributed by atoms with Crippen molar-refractivity contribution in [3.05, 3.63) is 42.0 Å². The van der Waals surface area contributed by atoms with E-state index in [1.807, 2.05) is 19.9 Å². The molecule has 5 atom stereocenters. The fraction of sp³-hybridized carbons (Fsp3) is 0.471. The first kappa shape index (κ1) is 17.0. The minimum atomic E-state index is -0.904. The highest BCUT2D eigenvalue weighted by atomic mass is 16.7. The number of aliphatic hydroxyl groups excluding tert-OH is 1. The Kier molecular flexibility index (Phi) is 4.35. The zero-order valence-electron chi connectivity index (χ0n) is 14.5. The van der Waals surface area contributed by atoms with Gasteiger partial charge in [0.2, 0.25) is 0 Å². The van der Waals surface area contributed by atoms with E-state index in [2.05, 4.69) is 20.7 Å². The maximum atomic E-state index is 12.3. The fourth-order valence-corrected chi connectivity index (χ4v) is 3.54. The third-order valence-electron chi connectivity index (χ3n) is 4.68. The maximum Gasteiger partial charge on any atom is 0.319 e. The summed E-state index contributed by atoms with van der Waals surface area (Å²) < 4.78 is 13.3. The molecule has 3 N–H and O–H groups in total. The second-order valence-corrected chi connectivity index (χ2v) is 6.60. The summed E-state index contributed by atoms with van der Waals surface area (Å²) in [6.45, 7) is 4.09. The summed E-state index contributed by atoms with van der Waals surface area (Å²) in [7, 11) is 0. The molecule has 2 amide bonds. The molecule has 0 radical (unpaired) electrons. The van der Waals surface area contributed by atoms with Crippen LogP contribution in [0.4, 0.5) is 10.5 Å². The molecule has 2 bridgehead atoms. The molecule has 2 aromatic heterocycles. The average Bonchev–Trinajstić information content (AvgIpc) is 3.18. The smallest absolute Gasteiger partial charge is 0.319 e. The Labute approximate surface area is 150 Å². The quantitative estimate of drug-likeness (QED) is 0.746. The van der Waals surface area contributed by atoms with Crippen LogP contribution in [0, 0.1) is 13.8 Å². The number of nitrogens with zero attached hydrogens (tertiary/aromatic N) is 3. The van der Waals surface area contributed by atoms with Crippen molar-refractivity contribution >= 4 is 11.7 Å². The Morgan fingerprint density at radius 1 is 1.42 bits per heavy atom. The number of anilines is 1. The number of pyridine rings is 1. The van der Waals surface area contributed by atoms with E-state index in [0.717, 1.165) is 11.4 Å². The van der Waals surface area contributed by atoms with Gasteiger partial charge >= 0.3 is 6.03 Å². The number of nitrogens with one attached hydrogen (secondary N) is 2. The van der Waals surface area contributed by atoms with Gasteiger partial charge in [0.1, 0.15) is 18.2 Å². The van der Waals surface area contributed by atoms with Crippen molar-refractivity contribution in [3.8, 4) is 0 Å². The van der Waals surface area contributed by atoms with Crippen molar-refractivity contribution in [3.63, 3.8) is 0 Å². The summed E-state index contributed by atoms with van der Waals surface area (Å²) in [5.41, 5.74) is 2.29. The van der Waals surface area contributed by atoms with Crippen LogP contribution in [0.25, 0.3) is 0 Å². The summed E-state index contributed by atoms with van der Waals surface area (Å²) in [5, 5.41) is 20.9. The van der Waals surface area contributed by atoms with Gasteiger partial charge in [0.25, 0.3) is 0 Å². The maximum absolute atomic E-state index is 12.3. The largest absolute Gasteiger partial charge is 0.388 e. The van der Waals surface area contributed by atoms with E-state index in [1.165, 1.54) is 0 Å². The van der Waals surface area contributed by atoms with Crippen LogP contribution < -0.4 is 10.6 Å². The van der Waals surface area contributed by atoms with Gasteiger partial charge in [0.15, 0.2) is 6.29 Å². The molecule has 138 valence electrons. The summed E-state index contributed by atoms with van der Waals surface area (Å²) in [4.78, 5) is 16.3. The predicted molar refractivity (Wildman–Crippen MR) is 91.5 cm³/mol. The number of rotatable bonds is 3. The van der Waals surface area contributed by atoms with Gasteiger partial charge in [-0.1, -0.05) is 0 Å². The van der Waals surface area contributed by atoms with E-state index in [9.17, 15) is 9.90 Å². The second kappa shape index (κ2) is 6.67. The van der Waals surface area contributed by atoms with Gasteiger partial charge in [-0.15, -0.1) is 0 Å². The molecule has 0 spiro atoms. The molecule has 0 unspecified atom stereocenters. The average molecular weight is 359 g/mol. The highest BCUT2D eigenvalue weighted by molar-refractivity contribution is 5.89. The molecule has 2 aliphatic heterocycles. The second-order valence-electron chi connectivity index (χ2n) is 6.60. The van der Waals surface area contributed by atoms with Crippen LogP contribution in [0.3, 0.4) is 0 Å². The minimum Gasteiger partial charge on any atom is -0.388 e. The summed E-state index contributed by atoms with van der Waals surface area (Å²) in [6.07, 6.45) is 1.26. The van der Waals surface area contributed by atoms with Crippen LogP contribution in [0.5, 0.6) is 0 Å². The van der Waals surface area contributed by atoms with Crippen LogP contribution >= 0.6 is 0 Å². The topological polar surface area (TPSA) is 111 Å². The number of ether oxygens (including phenoxy) is 2. The summed E-state index contributed by atoms with van der Waals surface area (Å²) in [6, 6.07) is 3.77. The van der Waals surface area contributed by atoms with Crippen molar-refractivity contribution in [1.82, 2.24) is 20.1 Å². The molecule has 2 aromatic rings. The van der Waals surface area contributed by atoms with Crippen LogP contribution in [0.15, 0.2) is 30.6 Å². The molecule has 2 aliphatic rings. The van der Waals surface area contributed by atoms with Crippen molar-refractivity contribution in [1.29, 1.82) is 0 Å². The Morgan fingerprint density at radius 2 is 2.27 bits per heavy atom. The van der Waals surface area contributed by atoms with Gasteiger partial charge in [-0.05, 0) is 32.0 Å². The number of aryl methyl sites for hydroxylation is 2. The van der Waals surface area contributed by atoms with Gasteiger partial charge in [-0.2, -0.15) is 5.10 Å². The Hall–Kier alpha value is -2.49. The first-order chi connectivity index (χ1) is 12.5. The Morgan fingerprint density at radius 3 is 2.96 bits per heavy atom. The lowest BCUT2D eigenvalue weighted by molar-refractivity contribution is -0.166. The molecule has 26 heavy (non-hydrogen) atoms. The normalized spacial score (nSPS) is 30.2. The van der Waals surface area contributed by atoms with E-state index in [1.54, 1.807) is 29.2 Å². The third kappa shape index (κ3) is 3.05. The van der Waals surface area contributed by atoms with Crippen molar-refractivity contribution in [2.24, 2.45) is 0 Å². The van der Waals surface area contributed by atoms with Crippen LogP contribution in [0.1, 0.15) is 17.4 Å². The molecular weight excluding hydrogens is 338 g/mol. The summed E-state index contributed by atoms with van der Waals surface area (Å²) >= 11 is 0. The van der Waals surface area contributed by atoms with Gasteiger partial charge in [0.05, 0.1) is 30.2 Å². The predicted octanol–water partition coefficient (Wildman–Crippen LogP) is 0.742. The molecular formula is C17H21N5O4. The molecule has 2 saturated heterocycles. The number of hydrogen-bond acceptors (Lipinski definition) is 6. The molecule has 9 heteroatoms. The van der Waals surface area contributed by atoms with E-state index >= 15 is 0 Å². The number of fused-ring (bicyclic) bond motifs is 2. The molecule has 9 nitrogen and oxygen atoms in total. The molecule has 0 saturated carbocycles. The molecule has 0 aromatic carbocycles. The lowest BCUT2D eigenvalue weighted by atomic mass is 9.96. The monoisotopic (exact) mass is 359 g/mol. The standard InChI is InChI=1S/C17H21N5O4/c1-9-6-10(2)22(21-9)14-15(23)13(12-8-25-16(14)26-12)20-17(24)19-11-4-3-5-18-7-11/h3-7,12-16,23H,8H2,1-2H3,(H2,19,20,24)/t12-,13-,14-,15+,16-/m1/s1. The summed E-state index contributed by atoms with van der Waals surface area (Å²) in [5.74, 6) is 0. The first-order valence-electron chi connectivity index (χ1n) is 8.48. The molecule has 4 heterocycles. The van der Waals surface area contributed by atoms with Crippen LogP contribution in [-0.2, 0) is 9.47 Å². The highest BCUT2D eigenvalue weighted by Crippen LogP contribution is 2.36.